The lowest BCUT2D eigenvalue weighted by Crippen LogP contribution is -2.54. The van der Waals surface area contributed by atoms with Crippen molar-refractivity contribution >= 4 is 0 Å². The SMILES string of the molecule is CC(C)C1[C@H]2[C@@H]1C[C@@]1(C)[C@H](O)CC[C@](C)(O)[C@H]21. The predicted octanol–water partition coefficient (Wildman–Crippen LogP) is 2.44. The minimum absolute atomic E-state index is 0.0253. The first-order valence-electron chi connectivity index (χ1n) is 7.19. The first-order chi connectivity index (χ1) is 7.79. The van der Waals surface area contributed by atoms with Crippen molar-refractivity contribution in [2.45, 2.75) is 58.7 Å². The molecule has 0 heterocycles. The lowest BCUT2D eigenvalue weighted by Gasteiger charge is -2.51. The topological polar surface area (TPSA) is 40.5 Å². The van der Waals surface area contributed by atoms with E-state index in [4.69, 9.17) is 0 Å². The Morgan fingerprint density at radius 1 is 1.24 bits per heavy atom. The molecule has 0 radical (unpaired) electrons. The molecule has 0 aromatic carbocycles. The van der Waals surface area contributed by atoms with E-state index in [1.54, 1.807) is 0 Å². The van der Waals surface area contributed by atoms with Crippen molar-refractivity contribution in [2.75, 3.05) is 0 Å². The van der Waals surface area contributed by atoms with E-state index in [0.717, 1.165) is 37.0 Å². The molecule has 0 aliphatic heterocycles. The molecular weight excluding hydrogens is 212 g/mol. The molecule has 3 saturated carbocycles. The molecule has 0 spiro atoms. The van der Waals surface area contributed by atoms with Crippen LogP contribution in [0.25, 0.3) is 0 Å². The summed E-state index contributed by atoms with van der Waals surface area (Å²) in [4.78, 5) is 0. The van der Waals surface area contributed by atoms with Crippen molar-refractivity contribution in [2.24, 2.45) is 35.0 Å². The van der Waals surface area contributed by atoms with Gasteiger partial charge in [-0.15, -0.1) is 0 Å². The summed E-state index contributed by atoms with van der Waals surface area (Å²) in [7, 11) is 0. The van der Waals surface area contributed by atoms with Crippen LogP contribution in [0.1, 0.15) is 47.0 Å². The van der Waals surface area contributed by atoms with Gasteiger partial charge in [-0.05, 0) is 61.2 Å². The maximum Gasteiger partial charge on any atom is 0.0657 e. The second-order valence-electron chi connectivity index (χ2n) is 7.66. The number of aliphatic hydroxyl groups is 2. The summed E-state index contributed by atoms with van der Waals surface area (Å²) < 4.78 is 0. The standard InChI is InChI=1S/C15H26O2/c1-8(2)11-9-7-14(3)10(16)5-6-15(4,17)13(14)12(9)11/h8-13,16-17H,5-7H2,1-4H3/t9-,10-,11?,12-,13-,14+,15+/m1/s1. The highest BCUT2D eigenvalue weighted by atomic mass is 16.3. The molecule has 0 aromatic heterocycles. The molecule has 0 bridgehead atoms. The fourth-order valence-corrected chi connectivity index (χ4v) is 5.57. The Morgan fingerprint density at radius 3 is 2.47 bits per heavy atom. The van der Waals surface area contributed by atoms with Gasteiger partial charge in [0.15, 0.2) is 0 Å². The van der Waals surface area contributed by atoms with Crippen molar-refractivity contribution in [3.63, 3.8) is 0 Å². The van der Waals surface area contributed by atoms with Crippen molar-refractivity contribution in [3.05, 3.63) is 0 Å². The van der Waals surface area contributed by atoms with Crippen LogP contribution < -0.4 is 0 Å². The van der Waals surface area contributed by atoms with Crippen LogP contribution in [0.5, 0.6) is 0 Å². The highest BCUT2D eigenvalue weighted by Gasteiger charge is 2.72. The molecule has 0 aromatic rings. The van der Waals surface area contributed by atoms with Gasteiger partial charge in [0.2, 0.25) is 0 Å². The minimum atomic E-state index is -0.558. The summed E-state index contributed by atoms with van der Waals surface area (Å²) in [6, 6.07) is 0. The molecule has 17 heavy (non-hydrogen) atoms. The fourth-order valence-electron chi connectivity index (χ4n) is 5.57. The molecule has 0 amide bonds. The van der Waals surface area contributed by atoms with E-state index in [9.17, 15) is 10.2 Å². The highest BCUT2D eigenvalue weighted by molar-refractivity contribution is 5.20. The van der Waals surface area contributed by atoms with Crippen LogP contribution in [-0.4, -0.2) is 21.9 Å². The van der Waals surface area contributed by atoms with Crippen molar-refractivity contribution in [3.8, 4) is 0 Å². The van der Waals surface area contributed by atoms with Gasteiger partial charge in [0.05, 0.1) is 11.7 Å². The number of aliphatic hydroxyl groups excluding tert-OH is 1. The molecule has 3 fully saturated rings. The summed E-state index contributed by atoms with van der Waals surface area (Å²) in [5.41, 5.74) is -0.584. The monoisotopic (exact) mass is 238 g/mol. The number of hydrogen-bond donors (Lipinski definition) is 2. The fraction of sp³-hybridized carbons (Fsp3) is 1.00. The van der Waals surface area contributed by atoms with Gasteiger partial charge in [-0.25, -0.2) is 0 Å². The maximum atomic E-state index is 10.7. The Balaban J connectivity index is 1.92. The summed E-state index contributed by atoms with van der Waals surface area (Å²) in [6.45, 7) is 8.81. The second-order valence-corrected chi connectivity index (χ2v) is 7.66. The molecular formula is C15H26O2. The molecule has 98 valence electrons. The maximum absolute atomic E-state index is 10.7. The molecule has 7 atom stereocenters. The third kappa shape index (κ3) is 1.40. The normalized spacial score (nSPS) is 61.2. The minimum Gasteiger partial charge on any atom is -0.393 e. The molecule has 3 rings (SSSR count). The zero-order chi connectivity index (χ0) is 12.6. The summed E-state index contributed by atoms with van der Waals surface area (Å²) in [6.07, 6.45) is 2.46. The zero-order valence-corrected chi connectivity index (χ0v) is 11.5. The average Bonchev–Trinajstić information content (AvgIpc) is 2.77. The second kappa shape index (κ2) is 3.27. The van der Waals surface area contributed by atoms with E-state index < -0.39 is 5.60 Å². The lowest BCUT2D eigenvalue weighted by molar-refractivity contribution is -0.150. The van der Waals surface area contributed by atoms with Crippen LogP contribution in [0, 0.1) is 35.0 Å². The summed E-state index contributed by atoms with van der Waals surface area (Å²) >= 11 is 0. The Bertz CT molecular complexity index is 336. The molecule has 2 N–H and O–H groups in total. The van der Waals surface area contributed by atoms with Crippen LogP contribution in [0.2, 0.25) is 0 Å². The van der Waals surface area contributed by atoms with E-state index >= 15 is 0 Å². The third-order valence-electron chi connectivity index (χ3n) is 6.19. The van der Waals surface area contributed by atoms with Gasteiger partial charge in [0.1, 0.15) is 0 Å². The first-order valence-corrected chi connectivity index (χ1v) is 7.19. The predicted molar refractivity (Wildman–Crippen MR) is 67.4 cm³/mol. The Labute approximate surface area is 104 Å². The Kier molecular flexibility index (Phi) is 2.30. The number of fused-ring (bicyclic) bond motifs is 3. The van der Waals surface area contributed by atoms with Crippen molar-refractivity contribution in [1.29, 1.82) is 0 Å². The summed E-state index contributed by atoms with van der Waals surface area (Å²) in [5, 5.41) is 21.0. The van der Waals surface area contributed by atoms with Crippen LogP contribution in [0.4, 0.5) is 0 Å². The van der Waals surface area contributed by atoms with Gasteiger partial charge in [0, 0.05) is 0 Å². The molecule has 3 aliphatic rings. The Morgan fingerprint density at radius 2 is 1.88 bits per heavy atom. The Hall–Kier alpha value is -0.0800. The zero-order valence-electron chi connectivity index (χ0n) is 11.5. The van der Waals surface area contributed by atoms with Crippen LogP contribution in [0.3, 0.4) is 0 Å². The van der Waals surface area contributed by atoms with Gasteiger partial charge in [-0.1, -0.05) is 20.8 Å². The largest absolute Gasteiger partial charge is 0.393 e. The van der Waals surface area contributed by atoms with Crippen LogP contribution in [-0.2, 0) is 0 Å². The summed E-state index contributed by atoms with van der Waals surface area (Å²) in [5.74, 6) is 3.28. The molecule has 3 aliphatic carbocycles. The van der Waals surface area contributed by atoms with Crippen molar-refractivity contribution in [1.82, 2.24) is 0 Å². The van der Waals surface area contributed by atoms with E-state index in [1.807, 2.05) is 6.92 Å². The van der Waals surface area contributed by atoms with Crippen LogP contribution in [0.15, 0.2) is 0 Å². The van der Waals surface area contributed by atoms with Crippen molar-refractivity contribution < 1.29 is 10.2 Å². The molecule has 2 heteroatoms. The average molecular weight is 238 g/mol. The van der Waals surface area contributed by atoms with E-state index in [0.29, 0.717) is 11.8 Å². The van der Waals surface area contributed by atoms with Gasteiger partial charge >= 0.3 is 0 Å². The first kappa shape index (κ1) is 12.0. The molecule has 0 saturated heterocycles. The lowest BCUT2D eigenvalue weighted by atomic mass is 9.58. The van der Waals surface area contributed by atoms with Gasteiger partial charge in [-0.3, -0.25) is 0 Å². The smallest absolute Gasteiger partial charge is 0.0657 e. The number of hydrogen-bond acceptors (Lipinski definition) is 2. The molecule has 1 unspecified atom stereocenters. The van der Waals surface area contributed by atoms with Gasteiger partial charge in [0.25, 0.3) is 0 Å². The van der Waals surface area contributed by atoms with E-state index in [-0.39, 0.29) is 11.5 Å². The van der Waals surface area contributed by atoms with E-state index in [2.05, 4.69) is 20.8 Å². The highest BCUT2D eigenvalue weighted by Crippen LogP contribution is 2.73. The number of rotatable bonds is 1. The third-order valence-corrected chi connectivity index (χ3v) is 6.19. The van der Waals surface area contributed by atoms with Gasteiger partial charge in [-0.2, -0.15) is 0 Å². The quantitative estimate of drug-likeness (QED) is 0.736. The van der Waals surface area contributed by atoms with Gasteiger partial charge < -0.3 is 10.2 Å². The van der Waals surface area contributed by atoms with E-state index in [1.165, 1.54) is 0 Å². The molecule has 2 nitrogen and oxygen atoms in total. The van der Waals surface area contributed by atoms with Crippen LogP contribution >= 0.6 is 0 Å².